The Morgan fingerprint density at radius 2 is 2.04 bits per heavy atom. The number of carbonyl (C=O) groups is 1. The van der Waals surface area contributed by atoms with Crippen molar-refractivity contribution < 1.29 is 22.7 Å². The maximum atomic E-state index is 13.5. The van der Waals surface area contributed by atoms with Gasteiger partial charge < -0.3 is 14.1 Å². The summed E-state index contributed by atoms with van der Waals surface area (Å²) in [7, 11) is 0. The monoisotopic (exact) mass is 350 g/mol. The van der Waals surface area contributed by atoms with Crippen LogP contribution in [0.2, 0.25) is 0 Å². The number of hydrogen-bond acceptors (Lipinski definition) is 4. The predicted octanol–water partition coefficient (Wildman–Crippen LogP) is 2.67. The van der Waals surface area contributed by atoms with Gasteiger partial charge in [-0.05, 0) is 24.6 Å². The van der Waals surface area contributed by atoms with Crippen molar-refractivity contribution in [1.29, 1.82) is 0 Å². The van der Waals surface area contributed by atoms with Crippen LogP contribution < -0.4 is 4.74 Å². The van der Waals surface area contributed by atoms with Gasteiger partial charge in [-0.3, -0.25) is 9.69 Å². The van der Waals surface area contributed by atoms with Crippen LogP contribution >= 0.6 is 0 Å². The van der Waals surface area contributed by atoms with E-state index in [1.165, 1.54) is 6.07 Å². The number of amides is 1. The smallest absolute Gasteiger partial charge is 0.260 e. The van der Waals surface area contributed by atoms with Crippen LogP contribution in [0.15, 0.2) is 41.2 Å². The first-order valence-electron chi connectivity index (χ1n) is 8.21. The van der Waals surface area contributed by atoms with Crippen molar-refractivity contribution in [3.63, 3.8) is 0 Å². The molecule has 3 rings (SSSR count). The normalized spacial score (nSPS) is 15.8. The summed E-state index contributed by atoms with van der Waals surface area (Å²) in [5.74, 6) is -1.81. The van der Waals surface area contributed by atoms with E-state index in [0.29, 0.717) is 13.1 Å². The number of benzene rings is 1. The summed E-state index contributed by atoms with van der Waals surface area (Å²) >= 11 is 0. The Balaban J connectivity index is 1.49. The van der Waals surface area contributed by atoms with Gasteiger partial charge in [0, 0.05) is 44.4 Å². The highest BCUT2D eigenvalue weighted by molar-refractivity contribution is 5.77. The van der Waals surface area contributed by atoms with Crippen molar-refractivity contribution in [2.75, 3.05) is 32.8 Å². The maximum absolute atomic E-state index is 13.5. The second-order valence-corrected chi connectivity index (χ2v) is 6.01. The van der Waals surface area contributed by atoms with E-state index >= 15 is 0 Å². The van der Waals surface area contributed by atoms with Gasteiger partial charge in [0.25, 0.3) is 5.91 Å². The molecule has 1 aliphatic heterocycles. The van der Waals surface area contributed by atoms with Gasteiger partial charge in [-0.2, -0.15) is 0 Å². The van der Waals surface area contributed by atoms with Crippen molar-refractivity contribution in [2.45, 2.75) is 13.0 Å². The van der Waals surface area contributed by atoms with Crippen LogP contribution in [0.3, 0.4) is 0 Å². The van der Waals surface area contributed by atoms with Crippen LogP contribution in [0.5, 0.6) is 5.75 Å². The summed E-state index contributed by atoms with van der Waals surface area (Å²) in [6, 6.07) is 4.95. The van der Waals surface area contributed by atoms with Crippen molar-refractivity contribution in [1.82, 2.24) is 9.80 Å². The van der Waals surface area contributed by atoms with Crippen LogP contribution in [0.4, 0.5) is 8.78 Å². The number of rotatable bonds is 5. The van der Waals surface area contributed by atoms with E-state index in [0.717, 1.165) is 43.8 Å². The number of furan rings is 1. The fraction of sp³-hybridized carbons (Fsp3) is 0.389. The summed E-state index contributed by atoms with van der Waals surface area (Å²) in [6.07, 6.45) is 4.22. The lowest BCUT2D eigenvalue weighted by atomic mass is 10.3. The average Bonchev–Trinajstić information content (AvgIpc) is 2.98. The van der Waals surface area contributed by atoms with E-state index in [2.05, 4.69) is 4.90 Å². The Morgan fingerprint density at radius 3 is 2.80 bits per heavy atom. The minimum Gasteiger partial charge on any atom is -0.481 e. The Labute approximate surface area is 144 Å². The van der Waals surface area contributed by atoms with Crippen molar-refractivity contribution >= 4 is 5.91 Å². The molecule has 134 valence electrons. The molecule has 0 saturated carbocycles. The molecule has 0 aliphatic carbocycles. The molecule has 5 nitrogen and oxygen atoms in total. The quantitative estimate of drug-likeness (QED) is 0.832. The van der Waals surface area contributed by atoms with Crippen LogP contribution in [-0.2, 0) is 11.3 Å². The number of ether oxygens (including phenoxy) is 1. The first-order chi connectivity index (χ1) is 12.1. The minimum atomic E-state index is -0.810. The molecule has 7 heteroatoms. The van der Waals surface area contributed by atoms with Crippen LogP contribution in [-0.4, -0.2) is 48.5 Å². The van der Waals surface area contributed by atoms with E-state index in [1.54, 1.807) is 17.4 Å². The largest absolute Gasteiger partial charge is 0.481 e. The summed E-state index contributed by atoms with van der Waals surface area (Å²) < 4.78 is 36.7. The lowest BCUT2D eigenvalue weighted by Crippen LogP contribution is -2.38. The fourth-order valence-electron chi connectivity index (χ4n) is 2.84. The summed E-state index contributed by atoms with van der Waals surface area (Å²) in [6.45, 7) is 3.40. The van der Waals surface area contributed by atoms with E-state index in [4.69, 9.17) is 9.15 Å². The molecule has 0 spiro atoms. The molecule has 25 heavy (non-hydrogen) atoms. The van der Waals surface area contributed by atoms with Gasteiger partial charge in [0.1, 0.15) is 5.82 Å². The Kier molecular flexibility index (Phi) is 5.65. The molecular formula is C18H20F2N2O3. The molecule has 0 radical (unpaired) electrons. The van der Waals surface area contributed by atoms with Crippen molar-refractivity contribution in [3.05, 3.63) is 54.0 Å². The molecule has 2 aromatic rings. The predicted molar refractivity (Wildman–Crippen MR) is 87.0 cm³/mol. The first kappa shape index (κ1) is 17.4. The zero-order valence-electron chi connectivity index (χ0n) is 13.8. The SMILES string of the molecule is O=C(COc1ccc(F)cc1F)N1CCCN(Cc2ccoc2)CC1. The molecule has 0 atom stereocenters. The molecule has 1 saturated heterocycles. The number of nitrogens with zero attached hydrogens (tertiary/aromatic N) is 2. The van der Waals surface area contributed by atoms with Gasteiger partial charge >= 0.3 is 0 Å². The van der Waals surface area contributed by atoms with Gasteiger partial charge in [-0.15, -0.1) is 0 Å². The van der Waals surface area contributed by atoms with Crippen LogP contribution in [0, 0.1) is 11.6 Å². The molecule has 1 amide bonds. The van der Waals surface area contributed by atoms with E-state index in [1.807, 2.05) is 6.07 Å². The number of halogens is 2. The Bertz CT molecular complexity index is 706. The molecular weight excluding hydrogens is 330 g/mol. The number of hydrogen-bond donors (Lipinski definition) is 0. The highest BCUT2D eigenvalue weighted by atomic mass is 19.1. The second kappa shape index (κ2) is 8.11. The molecule has 0 bridgehead atoms. The number of carbonyl (C=O) groups excluding carboxylic acids is 1. The fourth-order valence-corrected chi connectivity index (χ4v) is 2.84. The van der Waals surface area contributed by atoms with Crippen molar-refractivity contribution in [3.8, 4) is 5.75 Å². The molecule has 0 N–H and O–H groups in total. The lowest BCUT2D eigenvalue weighted by molar-refractivity contribution is -0.133. The van der Waals surface area contributed by atoms with Gasteiger partial charge in [0.05, 0.1) is 12.5 Å². The Morgan fingerprint density at radius 1 is 1.16 bits per heavy atom. The van der Waals surface area contributed by atoms with Crippen molar-refractivity contribution in [2.24, 2.45) is 0 Å². The zero-order valence-corrected chi connectivity index (χ0v) is 13.8. The van der Waals surface area contributed by atoms with Gasteiger partial charge in [-0.1, -0.05) is 0 Å². The van der Waals surface area contributed by atoms with E-state index in [-0.39, 0.29) is 18.3 Å². The van der Waals surface area contributed by atoms with Gasteiger partial charge in [-0.25, -0.2) is 8.78 Å². The third-order valence-corrected chi connectivity index (χ3v) is 4.17. The minimum absolute atomic E-state index is 0.119. The third kappa shape index (κ3) is 4.79. The zero-order chi connectivity index (χ0) is 17.6. The third-order valence-electron chi connectivity index (χ3n) is 4.17. The highest BCUT2D eigenvalue weighted by Gasteiger charge is 2.20. The standard InChI is InChI=1S/C18H20F2N2O3/c19-15-2-3-17(16(20)10-15)25-13-18(23)22-6-1-5-21(7-8-22)11-14-4-9-24-12-14/h2-4,9-10,12H,1,5-8,11,13H2. The summed E-state index contributed by atoms with van der Waals surface area (Å²) in [4.78, 5) is 16.3. The molecule has 1 aliphatic rings. The Hall–Kier alpha value is -2.41. The molecule has 2 heterocycles. The van der Waals surface area contributed by atoms with E-state index < -0.39 is 11.6 Å². The average molecular weight is 350 g/mol. The second-order valence-electron chi connectivity index (χ2n) is 6.01. The molecule has 0 unspecified atom stereocenters. The first-order valence-corrected chi connectivity index (χ1v) is 8.21. The summed E-state index contributed by atoms with van der Waals surface area (Å²) in [5.41, 5.74) is 1.11. The maximum Gasteiger partial charge on any atom is 0.260 e. The molecule has 1 fully saturated rings. The van der Waals surface area contributed by atoms with Gasteiger partial charge in [0.2, 0.25) is 0 Å². The van der Waals surface area contributed by atoms with Crippen LogP contribution in [0.25, 0.3) is 0 Å². The topological polar surface area (TPSA) is 45.9 Å². The molecule has 1 aromatic carbocycles. The van der Waals surface area contributed by atoms with Gasteiger partial charge in [0.15, 0.2) is 18.2 Å². The molecule has 1 aromatic heterocycles. The highest BCUT2D eigenvalue weighted by Crippen LogP contribution is 2.18. The lowest BCUT2D eigenvalue weighted by Gasteiger charge is -2.21. The summed E-state index contributed by atoms with van der Waals surface area (Å²) in [5, 5.41) is 0. The van der Waals surface area contributed by atoms with Crippen LogP contribution in [0.1, 0.15) is 12.0 Å². The van der Waals surface area contributed by atoms with E-state index in [9.17, 15) is 13.6 Å².